The highest BCUT2D eigenvalue weighted by Gasteiger charge is 2.34. The summed E-state index contributed by atoms with van der Waals surface area (Å²) in [6.45, 7) is 2.22. The first-order valence-corrected chi connectivity index (χ1v) is 8.46. The molecule has 1 aromatic heterocycles. The standard InChI is InChI=1S/C12H16ClN3O3S/c1-2-16(8-3-4-20(18,19)7-8)12(17)9-5-11(13)15-6-10(9)14/h5-6,8H,2-4,7,14H2,1H3. The predicted molar refractivity (Wildman–Crippen MR) is 77.4 cm³/mol. The molecule has 0 saturated carbocycles. The first kappa shape index (κ1) is 15.1. The van der Waals surface area contributed by atoms with Crippen molar-refractivity contribution in [3.05, 3.63) is 23.0 Å². The van der Waals surface area contributed by atoms with E-state index in [2.05, 4.69) is 4.98 Å². The summed E-state index contributed by atoms with van der Waals surface area (Å²) in [4.78, 5) is 17.8. The van der Waals surface area contributed by atoms with E-state index in [-0.39, 0.29) is 39.9 Å². The predicted octanol–water partition coefficient (Wildman–Crippen LogP) is 0.966. The van der Waals surface area contributed by atoms with Crippen molar-refractivity contribution in [3.63, 3.8) is 0 Å². The molecule has 1 unspecified atom stereocenters. The van der Waals surface area contributed by atoms with E-state index < -0.39 is 9.84 Å². The van der Waals surface area contributed by atoms with Crippen LogP contribution in [0.25, 0.3) is 0 Å². The molecule has 1 amide bonds. The number of nitrogens with zero attached hydrogens (tertiary/aromatic N) is 2. The highest BCUT2D eigenvalue weighted by molar-refractivity contribution is 7.91. The van der Waals surface area contributed by atoms with E-state index in [4.69, 9.17) is 17.3 Å². The first-order chi connectivity index (χ1) is 9.34. The molecule has 1 saturated heterocycles. The van der Waals surface area contributed by atoms with Gasteiger partial charge in [0.25, 0.3) is 5.91 Å². The van der Waals surface area contributed by atoms with Crippen LogP contribution in [0.4, 0.5) is 5.69 Å². The minimum absolute atomic E-state index is 0.00526. The van der Waals surface area contributed by atoms with E-state index in [0.29, 0.717) is 13.0 Å². The average molecular weight is 318 g/mol. The van der Waals surface area contributed by atoms with Gasteiger partial charge in [-0.25, -0.2) is 13.4 Å². The number of amides is 1. The fourth-order valence-electron chi connectivity index (χ4n) is 2.37. The maximum Gasteiger partial charge on any atom is 0.256 e. The topological polar surface area (TPSA) is 93.4 Å². The molecule has 20 heavy (non-hydrogen) atoms. The summed E-state index contributed by atoms with van der Waals surface area (Å²) < 4.78 is 23.1. The van der Waals surface area contributed by atoms with Crippen LogP contribution in [0.2, 0.25) is 5.15 Å². The van der Waals surface area contributed by atoms with Gasteiger partial charge in [0.05, 0.1) is 29.0 Å². The lowest BCUT2D eigenvalue weighted by atomic mass is 10.1. The van der Waals surface area contributed by atoms with E-state index in [9.17, 15) is 13.2 Å². The number of hydrogen-bond acceptors (Lipinski definition) is 5. The maximum atomic E-state index is 12.5. The number of anilines is 1. The molecular weight excluding hydrogens is 302 g/mol. The van der Waals surface area contributed by atoms with Gasteiger partial charge in [0.1, 0.15) is 5.15 Å². The number of rotatable bonds is 3. The lowest BCUT2D eigenvalue weighted by molar-refractivity contribution is 0.0709. The van der Waals surface area contributed by atoms with Crippen LogP contribution < -0.4 is 5.73 Å². The second-order valence-electron chi connectivity index (χ2n) is 4.74. The van der Waals surface area contributed by atoms with Gasteiger partial charge >= 0.3 is 0 Å². The molecule has 0 aliphatic carbocycles. The summed E-state index contributed by atoms with van der Waals surface area (Å²) >= 11 is 5.78. The van der Waals surface area contributed by atoms with Gasteiger partial charge in [-0.1, -0.05) is 11.6 Å². The number of halogens is 1. The van der Waals surface area contributed by atoms with Gasteiger partial charge in [0.15, 0.2) is 9.84 Å². The Hall–Kier alpha value is -1.34. The Kier molecular flexibility index (Phi) is 4.19. The number of nitrogens with two attached hydrogens (primary N) is 1. The quantitative estimate of drug-likeness (QED) is 0.838. The molecule has 6 nitrogen and oxygen atoms in total. The third kappa shape index (κ3) is 3.04. The van der Waals surface area contributed by atoms with Crippen LogP contribution in [-0.4, -0.2) is 48.3 Å². The second-order valence-corrected chi connectivity index (χ2v) is 7.36. The summed E-state index contributed by atoms with van der Waals surface area (Å²) in [5, 5.41) is 0.178. The molecule has 1 aromatic rings. The van der Waals surface area contributed by atoms with Gasteiger partial charge in [-0.2, -0.15) is 0 Å². The summed E-state index contributed by atoms with van der Waals surface area (Å²) in [6.07, 6.45) is 1.79. The van der Waals surface area contributed by atoms with Crippen LogP contribution in [0.5, 0.6) is 0 Å². The van der Waals surface area contributed by atoms with Crippen molar-refractivity contribution in [2.75, 3.05) is 23.8 Å². The molecule has 0 aromatic carbocycles. The Labute approximate surface area is 122 Å². The zero-order valence-electron chi connectivity index (χ0n) is 11.0. The van der Waals surface area contributed by atoms with Crippen molar-refractivity contribution in [2.45, 2.75) is 19.4 Å². The fraction of sp³-hybridized carbons (Fsp3) is 0.500. The normalized spacial score (nSPS) is 20.8. The van der Waals surface area contributed by atoms with Gasteiger partial charge < -0.3 is 10.6 Å². The van der Waals surface area contributed by atoms with Crippen LogP contribution in [0.1, 0.15) is 23.7 Å². The smallest absolute Gasteiger partial charge is 0.256 e. The zero-order chi connectivity index (χ0) is 14.9. The molecule has 0 spiro atoms. The summed E-state index contributed by atoms with van der Waals surface area (Å²) in [7, 11) is -3.05. The Bertz CT molecular complexity index is 633. The molecule has 0 bridgehead atoms. The van der Waals surface area contributed by atoms with E-state index >= 15 is 0 Å². The highest BCUT2D eigenvalue weighted by atomic mass is 35.5. The molecule has 2 heterocycles. The van der Waals surface area contributed by atoms with Crippen molar-refractivity contribution in [1.29, 1.82) is 0 Å². The van der Waals surface area contributed by atoms with E-state index in [0.717, 1.165) is 0 Å². The van der Waals surface area contributed by atoms with E-state index in [1.807, 2.05) is 6.92 Å². The number of aromatic nitrogens is 1. The van der Waals surface area contributed by atoms with Gasteiger partial charge in [-0.3, -0.25) is 4.79 Å². The van der Waals surface area contributed by atoms with Crippen molar-refractivity contribution < 1.29 is 13.2 Å². The van der Waals surface area contributed by atoms with Gasteiger partial charge in [-0.05, 0) is 19.4 Å². The Morgan fingerprint density at radius 1 is 1.60 bits per heavy atom. The van der Waals surface area contributed by atoms with Crippen LogP contribution in [0.15, 0.2) is 12.3 Å². The summed E-state index contributed by atoms with van der Waals surface area (Å²) in [6, 6.07) is 1.11. The second kappa shape index (κ2) is 5.57. The molecule has 1 fully saturated rings. The van der Waals surface area contributed by atoms with Crippen molar-refractivity contribution in [1.82, 2.24) is 9.88 Å². The van der Waals surface area contributed by atoms with Gasteiger partial charge in [0, 0.05) is 12.6 Å². The number of hydrogen-bond donors (Lipinski definition) is 1. The van der Waals surface area contributed by atoms with Crippen molar-refractivity contribution in [2.24, 2.45) is 0 Å². The summed E-state index contributed by atoms with van der Waals surface area (Å²) in [5.41, 5.74) is 6.24. The number of nitrogen functional groups attached to an aromatic ring is 1. The van der Waals surface area contributed by atoms with E-state index in [1.54, 1.807) is 0 Å². The fourth-order valence-corrected chi connectivity index (χ4v) is 4.26. The molecule has 1 aliphatic rings. The lowest BCUT2D eigenvalue weighted by Gasteiger charge is -2.27. The average Bonchev–Trinajstić information content (AvgIpc) is 2.73. The SMILES string of the molecule is CCN(C(=O)c1cc(Cl)ncc1N)C1CCS(=O)(=O)C1. The van der Waals surface area contributed by atoms with Crippen LogP contribution >= 0.6 is 11.6 Å². The monoisotopic (exact) mass is 317 g/mol. The number of pyridine rings is 1. The zero-order valence-corrected chi connectivity index (χ0v) is 12.6. The van der Waals surface area contributed by atoms with Crippen LogP contribution in [0.3, 0.4) is 0 Å². The highest BCUT2D eigenvalue weighted by Crippen LogP contribution is 2.23. The van der Waals surface area contributed by atoms with Gasteiger partial charge in [0.2, 0.25) is 0 Å². The minimum Gasteiger partial charge on any atom is -0.397 e. The Morgan fingerprint density at radius 2 is 2.30 bits per heavy atom. The molecule has 1 atom stereocenters. The Morgan fingerprint density at radius 3 is 2.85 bits per heavy atom. The van der Waals surface area contributed by atoms with Crippen molar-refractivity contribution in [3.8, 4) is 0 Å². The number of carbonyl (C=O) groups is 1. The number of sulfone groups is 1. The lowest BCUT2D eigenvalue weighted by Crippen LogP contribution is -2.41. The largest absolute Gasteiger partial charge is 0.397 e. The first-order valence-electron chi connectivity index (χ1n) is 6.26. The van der Waals surface area contributed by atoms with E-state index in [1.165, 1.54) is 17.2 Å². The van der Waals surface area contributed by atoms with Crippen molar-refractivity contribution >= 4 is 33.0 Å². The number of carbonyl (C=O) groups excluding carboxylic acids is 1. The van der Waals surface area contributed by atoms with Crippen LogP contribution in [-0.2, 0) is 9.84 Å². The molecule has 0 radical (unpaired) electrons. The molecule has 8 heteroatoms. The Balaban J connectivity index is 2.28. The minimum atomic E-state index is -3.05. The van der Waals surface area contributed by atoms with Gasteiger partial charge in [-0.15, -0.1) is 0 Å². The third-order valence-corrected chi connectivity index (χ3v) is 5.34. The molecule has 110 valence electrons. The molecule has 2 N–H and O–H groups in total. The molecule has 2 rings (SSSR count). The van der Waals surface area contributed by atoms with Crippen LogP contribution in [0, 0.1) is 0 Å². The third-order valence-electron chi connectivity index (χ3n) is 3.38. The molecule has 1 aliphatic heterocycles. The molecular formula is C12H16ClN3O3S. The maximum absolute atomic E-state index is 12.5. The summed E-state index contributed by atoms with van der Waals surface area (Å²) in [5.74, 6) is -0.185.